The number of amides is 2. The summed E-state index contributed by atoms with van der Waals surface area (Å²) < 4.78 is 6.42. The molecule has 31 heavy (non-hydrogen) atoms. The van der Waals surface area contributed by atoms with Crippen molar-refractivity contribution in [2.45, 2.75) is 43.8 Å². The van der Waals surface area contributed by atoms with Gasteiger partial charge in [0.1, 0.15) is 11.2 Å². The van der Waals surface area contributed by atoms with Gasteiger partial charge in [-0.3, -0.25) is 9.59 Å². The minimum Gasteiger partial charge on any atom is -0.396 e. The standard InChI is InChI=1S/C25H24N2O4/c1-2-3-10-24-11-12-25(31-24,13-14-28)21-20(24)22(29)27(23(21)30)19-9-8-16(15-26)17-6-4-5-7-18(17)19/h4-9,11-12,20-21,28H,2-3,10,13-14H2,1H3/t20?,21-,24?,25-/m1/s1. The highest BCUT2D eigenvalue weighted by molar-refractivity contribution is 6.26. The van der Waals surface area contributed by atoms with Gasteiger partial charge in [0.15, 0.2) is 0 Å². The van der Waals surface area contributed by atoms with Crippen LogP contribution in [0.2, 0.25) is 0 Å². The van der Waals surface area contributed by atoms with Crippen LogP contribution in [0.25, 0.3) is 10.8 Å². The van der Waals surface area contributed by atoms with Crippen molar-refractivity contribution in [1.82, 2.24) is 0 Å². The summed E-state index contributed by atoms with van der Waals surface area (Å²) in [4.78, 5) is 28.8. The molecule has 0 spiro atoms. The SMILES string of the molecule is CCCCC12C=C[C@](CCO)(O1)[C@H]1C(=O)N(c3ccc(C#N)c4ccccc34)C(=O)C12. The van der Waals surface area contributed by atoms with Crippen molar-refractivity contribution < 1.29 is 19.4 Å². The van der Waals surface area contributed by atoms with E-state index in [4.69, 9.17) is 4.74 Å². The maximum atomic E-state index is 13.8. The van der Waals surface area contributed by atoms with Crippen molar-refractivity contribution in [1.29, 1.82) is 5.26 Å². The molecule has 5 rings (SSSR count). The molecule has 2 aromatic rings. The lowest BCUT2D eigenvalue weighted by molar-refractivity contribution is -0.130. The number of hydrogen-bond acceptors (Lipinski definition) is 5. The van der Waals surface area contributed by atoms with Gasteiger partial charge in [-0.15, -0.1) is 0 Å². The molecule has 2 saturated heterocycles. The molecular weight excluding hydrogens is 392 g/mol. The number of aliphatic hydroxyl groups excluding tert-OH is 1. The first kappa shape index (κ1) is 19.9. The fourth-order valence-electron chi connectivity index (χ4n) is 5.71. The molecule has 0 aromatic heterocycles. The Morgan fingerprint density at radius 1 is 1.03 bits per heavy atom. The monoisotopic (exact) mass is 416 g/mol. The number of imide groups is 1. The zero-order valence-electron chi connectivity index (χ0n) is 17.4. The molecule has 1 N–H and O–H groups in total. The number of benzene rings is 2. The number of nitriles is 1. The van der Waals surface area contributed by atoms with E-state index in [1.165, 1.54) is 4.90 Å². The Kier molecular flexibility index (Phi) is 4.51. The van der Waals surface area contributed by atoms with Crippen LogP contribution in [-0.2, 0) is 14.3 Å². The molecule has 0 radical (unpaired) electrons. The number of aliphatic hydroxyl groups is 1. The maximum Gasteiger partial charge on any atom is 0.241 e. The van der Waals surface area contributed by atoms with Crippen LogP contribution in [0.3, 0.4) is 0 Å². The van der Waals surface area contributed by atoms with Crippen molar-refractivity contribution in [2.24, 2.45) is 11.8 Å². The van der Waals surface area contributed by atoms with Gasteiger partial charge in [0.05, 0.1) is 29.2 Å². The third-order valence-corrected chi connectivity index (χ3v) is 7.07. The Labute approximate surface area is 180 Å². The zero-order valence-corrected chi connectivity index (χ0v) is 17.4. The first-order valence-electron chi connectivity index (χ1n) is 10.8. The molecule has 0 saturated carbocycles. The predicted molar refractivity (Wildman–Crippen MR) is 115 cm³/mol. The highest BCUT2D eigenvalue weighted by atomic mass is 16.5. The number of anilines is 1. The molecule has 2 bridgehead atoms. The smallest absolute Gasteiger partial charge is 0.241 e. The molecule has 3 aliphatic rings. The zero-order chi connectivity index (χ0) is 21.8. The van der Waals surface area contributed by atoms with Crippen LogP contribution in [0.5, 0.6) is 0 Å². The van der Waals surface area contributed by atoms with Crippen LogP contribution in [0, 0.1) is 23.2 Å². The first-order valence-corrected chi connectivity index (χ1v) is 10.8. The lowest BCUT2D eigenvalue weighted by Gasteiger charge is -2.30. The van der Waals surface area contributed by atoms with Gasteiger partial charge in [-0.1, -0.05) is 56.2 Å². The van der Waals surface area contributed by atoms with Crippen molar-refractivity contribution in [2.75, 3.05) is 11.5 Å². The van der Waals surface area contributed by atoms with Crippen LogP contribution >= 0.6 is 0 Å². The Bertz CT molecular complexity index is 1170. The molecule has 6 nitrogen and oxygen atoms in total. The van der Waals surface area contributed by atoms with Gasteiger partial charge in [-0.05, 0) is 18.6 Å². The van der Waals surface area contributed by atoms with Crippen LogP contribution in [0.4, 0.5) is 5.69 Å². The van der Waals surface area contributed by atoms with E-state index in [0.717, 1.165) is 12.8 Å². The molecule has 3 aliphatic heterocycles. The fourth-order valence-corrected chi connectivity index (χ4v) is 5.71. The van der Waals surface area contributed by atoms with Crippen molar-refractivity contribution in [3.8, 4) is 6.07 Å². The summed E-state index contributed by atoms with van der Waals surface area (Å²) in [5, 5.41) is 20.6. The predicted octanol–water partition coefficient (Wildman–Crippen LogP) is 3.47. The molecule has 2 amide bonds. The van der Waals surface area contributed by atoms with Crippen LogP contribution in [0.15, 0.2) is 48.6 Å². The Balaban J connectivity index is 1.64. The fraction of sp³-hybridized carbons (Fsp3) is 0.400. The molecule has 2 fully saturated rings. The Morgan fingerprint density at radius 3 is 2.29 bits per heavy atom. The van der Waals surface area contributed by atoms with E-state index < -0.39 is 23.0 Å². The van der Waals surface area contributed by atoms with Gasteiger partial charge in [-0.25, -0.2) is 4.90 Å². The van der Waals surface area contributed by atoms with Crippen LogP contribution < -0.4 is 4.90 Å². The number of carbonyl (C=O) groups excluding carboxylic acids is 2. The number of carbonyl (C=O) groups is 2. The Morgan fingerprint density at radius 2 is 1.68 bits per heavy atom. The summed E-state index contributed by atoms with van der Waals surface area (Å²) in [6.45, 7) is 1.96. The molecule has 2 unspecified atom stereocenters. The number of rotatable bonds is 6. The number of unbranched alkanes of at least 4 members (excludes halogenated alkanes) is 1. The summed E-state index contributed by atoms with van der Waals surface area (Å²) in [5.74, 6) is -1.80. The number of hydrogen-bond donors (Lipinski definition) is 1. The lowest BCUT2D eigenvalue weighted by Crippen LogP contribution is -2.42. The lowest BCUT2D eigenvalue weighted by atomic mass is 9.69. The second kappa shape index (κ2) is 7.01. The van der Waals surface area contributed by atoms with Crippen LogP contribution in [0.1, 0.15) is 38.2 Å². The first-order chi connectivity index (χ1) is 15.0. The summed E-state index contributed by atoms with van der Waals surface area (Å²) in [7, 11) is 0. The van der Waals surface area contributed by atoms with Crippen LogP contribution in [-0.4, -0.2) is 34.7 Å². The molecule has 4 atom stereocenters. The summed E-state index contributed by atoms with van der Waals surface area (Å²) >= 11 is 0. The van der Waals surface area contributed by atoms with Gasteiger partial charge in [0.2, 0.25) is 11.8 Å². The van der Waals surface area contributed by atoms with E-state index in [1.807, 2.05) is 36.4 Å². The van der Waals surface area contributed by atoms with E-state index >= 15 is 0 Å². The third kappa shape index (κ3) is 2.57. The van der Waals surface area contributed by atoms with Gasteiger partial charge in [0.25, 0.3) is 0 Å². The topological polar surface area (TPSA) is 90.6 Å². The second-order valence-corrected chi connectivity index (χ2v) is 8.68. The van der Waals surface area contributed by atoms with Gasteiger partial charge in [-0.2, -0.15) is 5.26 Å². The quantitative estimate of drug-likeness (QED) is 0.575. The van der Waals surface area contributed by atoms with Gasteiger partial charge in [0, 0.05) is 23.8 Å². The Hall–Kier alpha value is -3.01. The minimum absolute atomic E-state index is 0.126. The highest BCUT2D eigenvalue weighted by Gasteiger charge is 2.73. The molecule has 158 valence electrons. The second-order valence-electron chi connectivity index (χ2n) is 8.68. The number of nitrogens with zero attached hydrogens (tertiary/aromatic N) is 2. The molecular formula is C25H24N2O4. The van der Waals surface area contributed by atoms with Gasteiger partial charge >= 0.3 is 0 Å². The highest BCUT2D eigenvalue weighted by Crippen LogP contribution is 2.60. The molecule has 2 aromatic carbocycles. The maximum absolute atomic E-state index is 13.8. The average Bonchev–Trinajstić information content (AvgIpc) is 3.38. The van der Waals surface area contributed by atoms with Crippen molar-refractivity contribution in [3.05, 3.63) is 54.1 Å². The number of ether oxygens (including phenoxy) is 1. The van der Waals surface area contributed by atoms with E-state index in [0.29, 0.717) is 28.4 Å². The minimum atomic E-state index is -0.947. The summed E-state index contributed by atoms with van der Waals surface area (Å²) in [5.41, 5.74) is -0.750. The molecule has 3 heterocycles. The average molecular weight is 416 g/mol. The molecule has 0 aliphatic carbocycles. The summed E-state index contributed by atoms with van der Waals surface area (Å²) in [6.07, 6.45) is 6.62. The van der Waals surface area contributed by atoms with E-state index in [-0.39, 0.29) is 24.8 Å². The molecule has 6 heteroatoms. The third-order valence-electron chi connectivity index (χ3n) is 7.07. The van der Waals surface area contributed by atoms with E-state index in [2.05, 4.69) is 13.0 Å². The largest absolute Gasteiger partial charge is 0.396 e. The van der Waals surface area contributed by atoms with Gasteiger partial charge < -0.3 is 9.84 Å². The normalized spacial score (nSPS) is 30.9. The van der Waals surface area contributed by atoms with E-state index in [1.54, 1.807) is 12.1 Å². The van der Waals surface area contributed by atoms with E-state index in [9.17, 15) is 20.0 Å². The van der Waals surface area contributed by atoms with Crippen molar-refractivity contribution in [3.63, 3.8) is 0 Å². The number of fused-ring (bicyclic) bond motifs is 6. The van der Waals surface area contributed by atoms with Crippen molar-refractivity contribution >= 4 is 28.3 Å². The summed E-state index contributed by atoms with van der Waals surface area (Å²) in [6, 6.07) is 12.9.